The highest BCUT2D eigenvalue weighted by atomic mass is 16.3. The zero-order valence-electron chi connectivity index (χ0n) is 12.0. The first-order valence-electron chi connectivity index (χ1n) is 7.95. The van der Waals surface area contributed by atoms with Gasteiger partial charge in [0.05, 0.1) is 6.10 Å². The van der Waals surface area contributed by atoms with E-state index in [0.29, 0.717) is 6.04 Å². The molecule has 0 radical (unpaired) electrons. The second kappa shape index (κ2) is 7.46. The molecule has 1 heterocycles. The normalized spacial score (nSPS) is 33.0. The SMILES string of the molecule is CCCN1CCN(C2CCCCCCC2O)CC1. The highest BCUT2D eigenvalue weighted by Crippen LogP contribution is 2.23. The lowest BCUT2D eigenvalue weighted by atomic mass is 9.93. The monoisotopic (exact) mass is 254 g/mol. The zero-order valence-corrected chi connectivity index (χ0v) is 12.0. The molecule has 1 saturated heterocycles. The van der Waals surface area contributed by atoms with Crippen molar-refractivity contribution < 1.29 is 5.11 Å². The molecule has 1 aliphatic carbocycles. The summed E-state index contributed by atoms with van der Waals surface area (Å²) in [5.41, 5.74) is 0. The van der Waals surface area contributed by atoms with E-state index in [-0.39, 0.29) is 6.10 Å². The average molecular weight is 254 g/mol. The van der Waals surface area contributed by atoms with E-state index >= 15 is 0 Å². The largest absolute Gasteiger partial charge is 0.391 e. The summed E-state index contributed by atoms with van der Waals surface area (Å²) in [6, 6.07) is 0.439. The molecular weight excluding hydrogens is 224 g/mol. The third-order valence-electron chi connectivity index (χ3n) is 4.61. The summed E-state index contributed by atoms with van der Waals surface area (Å²) in [7, 11) is 0. The fourth-order valence-electron chi connectivity index (χ4n) is 3.51. The number of aliphatic hydroxyl groups excluding tert-OH is 1. The minimum atomic E-state index is -0.0805. The van der Waals surface area contributed by atoms with E-state index in [9.17, 15) is 5.11 Å². The van der Waals surface area contributed by atoms with Gasteiger partial charge in [-0.25, -0.2) is 0 Å². The topological polar surface area (TPSA) is 26.7 Å². The molecule has 3 heteroatoms. The Bertz CT molecular complexity index is 227. The van der Waals surface area contributed by atoms with Crippen LogP contribution >= 0.6 is 0 Å². The van der Waals surface area contributed by atoms with Gasteiger partial charge >= 0.3 is 0 Å². The number of hydrogen-bond donors (Lipinski definition) is 1. The molecule has 1 saturated carbocycles. The van der Waals surface area contributed by atoms with Crippen LogP contribution in [0.2, 0.25) is 0 Å². The maximum Gasteiger partial charge on any atom is 0.0695 e. The number of hydrogen-bond acceptors (Lipinski definition) is 3. The molecule has 3 nitrogen and oxygen atoms in total. The minimum absolute atomic E-state index is 0.0805. The van der Waals surface area contributed by atoms with E-state index in [1.165, 1.54) is 58.2 Å². The van der Waals surface area contributed by atoms with Crippen LogP contribution < -0.4 is 0 Å². The Labute approximate surface area is 112 Å². The summed E-state index contributed by atoms with van der Waals surface area (Å²) in [5, 5.41) is 10.3. The summed E-state index contributed by atoms with van der Waals surface area (Å²) < 4.78 is 0. The molecule has 2 unspecified atom stereocenters. The fourth-order valence-corrected chi connectivity index (χ4v) is 3.51. The van der Waals surface area contributed by atoms with Crippen molar-refractivity contribution in [2.75, 3.05) is 32.7 Å². The van der Waals surface area contributed by atoms with Crippen LogP contribution in [-0.4, -0.2) is 59.8 Å². The standard InChI is InChI=1S/C15H30N2O/c1-2-9-16-10-12-17(13-11-16)14-7-5-3-4-6-8-15(14)18/h14-15,18H,2-13H2,1H3. The molecule has 106 valence electrons. The second-order valence-electron chi connectivity index (χ2n) is 6.00. The zero-order chi connectivity index (χ0) is 12.8. The Morgan fingerprint density at radius 3 is 2.28 bits per heavy atom. The molecule has 2 aliphatic rings. The molecular formula is C15H30N2O. The number of rotatable bonds is 3. The van der Waals surface area contributed by atoms with Gasteiger partial charge in [0.25, 0.3) is 0 Å². The van der Waals surface area contributed by atoms with E-state index in [0.717, 1.165) is 19.5 Å². The number of nitrogens with zero attached hydrogens (tertiary/aromatic N) is 2. The van der Waals surface area contributed by atoms with Crippen molar-refractivity contribution in [2.24, 2.45) is 0 Å². The Morgan fingerprint density at radius 2 is 1.61 bits per heavy atom. The maximum absolute atomic E-state index is 10.3. The van der Waals surface area contributed by atoms with Gasteiger partial charge in [-0.3, -0.25) is 4.90 Å². The molecule has 1 aliphatic heterocycles. The second-order valence-corrected chi connectivity index (χ2v) is 6.00. The predicted octanol–water partition coefficient (Wildman–Crippen LogP) is 2.10. The first-order chi connectivity index (χ1) is 8.81. The third-order valence-corrected chi connectivity index (χ3v) is 4.61. The summed E-state index contributed by atoms with van der Waals surface area (Å²) in [6.45, 7) is 8.18. The van der Waals surface area contributed by atoms with Crippen molar-refractivity contribution in [3.8, 4) is 0 Å². The van der Waals surface area contributed by atoms with Crippen LogP contribution in [0.4, 0.5) is 0 Å². The first kappa shape index (κ1) is 14.3. The summed E-state index contributed by atoms with van der Waals surface area (Å²) in [5.74, 6) is 0. The summed E-state index contributed by atoms with van der Waals surface area (Å²) >= 11 is 0. The van der Waals surface area contributed by atoms with Crippen molar-refractivity contribution in [3.63, 3.8) is 0 Å². The van der Waals surface area contributed by atoms with E-state index in [1.54, 1.807) is 0 Å². The molecule has 0 bridgehead atoms. The van der Waals surface area contributed by atoms with Crippen LogP contribution in [0.15, 0.2) is 0 Å². The van der Waals surface area contributed by atoms with Crippen LogP contribution in [0.25, 0.3) is 0 Å². The molecule has 0 spiro atoms. The van der Waals surface area contributed by atoms with Gasteiger partial charge in [-0.2, -0.15) is 0 Å². The molecule has 2 rings (SSSR count). The van der Waals surface area contributed by atoms with Crippen molar-refractivity contribution in [3.05, 3.63) is 0 Å². The molecule has 18 heavy (non-hydrogen) atoms. The fraction of sp³-hybridized carbons (Fsp3) is 1.00. The lowest BCUT2D eigenvalue weighted by molar-refractivity contribution is 0.00576. The van der Waals surface area contributed by atoms with Crippen molar-refractivity contribution in [2.45, 2.75) is 64.0 Å². The maximum atomic E-state index is 10.3. The van der Waals surface area contributed by atoms with Crippen LogP contribution in [0, 0.1) is 0 Å². The quantitative estimate of drug-likeness (QED) is 0.835. The van der Waals surface area contributed by atoms with Crippen molar-refractivity contribution >= 4 is 0 Å². The summed E-state index contributed by atoms with van der Waals surface area (Å²) in [4.78, 5) is 5.12. The molecule has 0 aromatic rings. The Morgan fingerprint density at radius 1 is 0.944 bits per heavy atom. The molecule has 2 fully saturated rings. The van der Waals surface area contributed by atoms with E-state index < -0.39 is 0 Å². The van der Waals surface area contributed by atoms with Gasteiger partial charge in [0, 0.05) is 32.2 Å². The van der Waals surface area contributed by atoms with Gasteiger partial charge in [0.1, 0.15) is 0 Å². The van der Waals surface area contributed by atoms with Gasteiger partial charge in [-0.1, -0.05) is 32.6 Å². The highest BCUT2D eigenvalue weighted by Gasteiger charge is 2.28. The van der Waals surface area contributed by atoms with Gasteiger partial charge in [-0.15, -0.1) is 0 Å². The molecule has 0 amide bonds. The van der Waals surface area contributed by atoms with E-state index in [1.807, 2.05) is 0 Å². The van der Waals surface area contributed by atoms with E-state index in [2.05, 4.69) is 16.7 Å². The lowest BCUT2D eigenvalue weighted by Gasteiger charge is -2.41. The molecule has 2 atom stereocenters. The molecule has 0 aromatic carbocycles. The summed E-state index contributed by atoms with van der Waals surface area (Å²) in [6.07, 6.45) is 8.58. The van der Waals surface area contributed by atoms with Crippen LogP contribution in [-0.2, 0) is 0 Å². The van der Waals surface area contributed by atoms with Crippen LogP contribution in [0.1, 0.15) is 51.9 Å². The Kier molecular flexibility index (Phi) is 5.93. The van der Waals surface area contributed by atoms with Gasteiger partial charge in [0.15, 0.2) is 0 Å². The van der Waals surface area contributed by atoms with Gasteiger partial charge in [-0.05, 0) is 25.8 Å². The van der Waals surface area contributed by atoms with Gasteiger partial charge < -0.3 is 10.0 Å². The van der Waals surface area contributed by atoms with Crippen molar-refractivity contribution in [1.82, 2.24) is 9.80 Å². The van der Waals surface area contributed by atoms with Crippen LogP contribution in [0.5, 0.6) is 0 Å². The Hall–Kier alpha value is -0.120. The van der Waals surface area contributed by atoms with Gasteiger partial charge in [0.2, 0.25) is 0 Å². The molecule has 1 N–H and O–H groups in total. The first-order valence-corrected chi connectivity index (χ1v) is 7.95. The lowest BCUT2D eigenvalue weighted by Crippen LogP contribution is -2.53. The minimum Gasteiger partial charge on any atom is -0.391 e. The third kappa shape index (κ3) is 3.94. The van der Waals surface area contributed by atoms with E-state index in [4.69, 9.17) is 0 Å². The van der Waals surface area contributed by atoms with Crippen LogP contribution in [0.3, 0.4) is 0 Å². The van der Waals surface area contributed by atoms with Crippen molar-refractivity contribution in [1.29, 1.82) is 0 Å². The Balaban J connectivity index is 1.82. The average Bonchev–Trinajstić information content (AvgIpc) is 2.36. The number of piperazine rings is 1. The highest BCUT2D eigenvalue weighted by molar-refractivity contribution is 4.84. The smallest absolute Gasteiger partial charge is 0.0695 e. The molecule has 0 aromatic heterocycles. The predicted molar refractivity (Wildman–Crippen MR) is 75.8 cm³/mol. The number of aliphatic hydroxyl groups is 1.